The quantitative estimate of drug-likeness (QED) is 0.597. The fourth-order valence-corrected chi connectivity index (χ4v) is 8.48. The summed E-state index contributed by atoms with van der Waals surface area (Å²) < 4.78 is 6.68. The van der Waals surface area contributed by atoms with Gasteiger partial charge in [0.05, 0.1) is 17.1 Å². The minimum atomic E-state index is -0.984. The second-order valence-electron chi connectivity index (χ2n) is 12.9. The minimum absolute atomic E-state index is 0.00752. The lowest BCUT2D eigenvalue weighted by molar-refractivity contribution is -0.212. The maximum absolute atomic E-state index is 13.5. The molecule has 39 heavy (non-hydrogen) atoms. The Hall–Kier alpha value is -3.01. The SMILES string of the molecule is Cc1ccc(C#CC(=O)N(C)[C@@H]2[C@H](C)C[C@@]3(O)[C@H]4Cc5ccc(O)c6c5[C@@]3(CCN4CC3CC3)[C@H]2O6)cc1C. The number of likely N-dealkylation sites (tertiary alicyclic amines) is 1. The van der Waals surface area contributed by atoms with Crippen molar-refractivity contribution >= 4 is 5.91 Å². The van der Waals surface area contributed by atoms with E-state index in [1.807, 2.05) is 38.2 Å². The van der Waals surface area contributed by atoms with Crippen molar-refractivity contribution in [3.8, 4) is 23.3 Å². The molecule has 2 bridgehead atoms. The molecule has 1 spiro atoms. The summed E-state index contributed by atoms with van der Waals surface area (Å²) in [6.45, 7) is 8.16. The van der Waals surface area contributed by atoms with Crippen LogP contribution in [-0.4, -0.2) is 69.8 Å². The zero-order valence-electron chi connectivity index (χ0n) is 23.3. The van der Waals surface area contributed by atoms with E-state index in [0.717, 1.165) is 54.1 Å². The Morgan fingerprint density at radius 3 is 2.74 bits per heavy atom. The molecule has 6 heteroatoms. The van der Waals surface area contributed by atoms with Crippen LogP contribution in [0.15, 0.2) is 30.3 Å². The highest BCUT2D eigenvalue weighted by atomic mass is 16.5. The molecule has 0 unspecified atom stereocenters. The van der Waals surface area contributed by atoms with Crippen molar-refractivity contribution in [1.82, 2.24) is 9.80 Å². The number of piperidine rings is 1. The average Bonchev–Trinajstić information content (AvgIpc) is 3.64. The zero-order valence-corrected chi connectivity index (χ0v) is 23.3. The van der Waals surface area contributed by atoms with E-state index >= 15 is 0 Å². The number of hydrogen-bond acceptors (Lipinski definition) is 5. The largest absolute Gasteiger partial charge is 0.504 e. The van der Waals surface area contributed by atoms with Crippen LogP contribution in [0.1, 0.15) is 60.4 Å². The first-order valence-corrected chi connectivity index (χ1v) is 14.5. The molecule has 6 atom stereocenters. The van der Waals surface area contributed by atoms with Gasteiger partial charge in [0.15, 0.2) is 11.5 Å². The summed E-state index contributed by atoms with van der Waals surface area (Å²) >= 11 is 0. The van der Waals surface area contributed by atoms with Crippen LogP contribution in [0, 0.1) is 37.5 Å². The van der Waals surface area contributed by atoms with Gasteiger partial charge in [0.2, 0.25) is 0 Å². The third-order valence-electron chi connectivity index (χ3n) is 10.7. The lowest BCUT2D eigenvalue weighted by atomic mass is 9.46. The monoisotopic (exact) mass is 526 g/mol. The lowest BCUT2D eigenvalue weighted by Crippen LogP contribution is -2.79. The van der Waals surface area contributed by atoms with E-state index in [2.05, 4.69) is 30.6 Å². The fourth-order valence-electron chi connectivity index (χ4n) is 8.48. The second-order valence-corrected chi connectivity index (χ2v) is 12.9. The summed E-state index contributed by atoms with van der Waals surface area (Å²) in [4.78, 5) is 17.8. The van der Waals surface area contributed by atoms with Gasteiger partial charge in [0, 0.05) is 36.7 Å². The molecule has 6 nitrogen and oxygen atoms in total. The van der Waals surface area contributed by atoms with E-state index < -0.39 is 17.1 Å². The van der Waals surface area contributed by atoms with Crippen LogP contribution in [0.3, 0.4) is 0 Å². The van der Waals surface area contributed by atoms with Crippen molar-refractivity contribution in [3.05, 3.63) is 58.1 Å². The van der Waals surface area contributed by atoms with Gasteiger partial charge in [-0.2, -0.15) is 0 Å². The van der Waals surface area contributed by atoms with Crippen molar-refractivity contribution in [1.29, 1.82) is 0 Å². The van der Waals surface area contributed by atoms with Crippen molar-refractivity contribution in [2.75, 3.05) is 20.1 Å². The molecular formula is C33H38N2O4. The maximum atomic E-state index is 13.5. The molecular weight excluding hydrogens is 488 g/mol. The zero-order chi connectivity index (χ0) is 27.3. The Balaban J connectivity index is 1.27. The fraction of sp³-hybridized carbons (Fsp3) is 0.545. The van der Waals surface area contributed by atoms with Crippen LogP contribution >= 0.6 is 0 Å². The van der Waals surface area contributed by atoms with Crippen molar-refractivity contribution < 1.29 is 19.7 Å². The molecule has 7 rings (SSSR count). The molecule has 2 saturated carbocycles. The number of ether oxygens (including phenoxy) is 1. The van der Waals surface area contributed by atoms with E-state index in [1.165, 1.54) is 18.4 Å². The van der Waals surface area contributed by atoms with Gasteiger partial charge in [-0.1, -0.05) is 25.0 Å². The minimum Gasteiger partial charge on any atom is -0.504 e. The molecule has 5 aliphatic rings. The van der Waals surface area contributed by atoms with Crippen LogP contribution in [-0.2, 0) is 16.6 Å². The number of carbonyl (C=O) groups is 1. The number of nitrogens with zero attached hydrogens (tertiary/aromatic N) is 2. The van der Waals surface area contributed by atoms with Gasteiger partial charge in [-0.25, -0.2) is 0 Å². The van der Waals surface area contributed by atoms with Gasteiger partial charge in [0.1, 0.15) is 6.10 Å². The number of aryl methyl sites for hydroxylation is 2. The van der Waals surface area contributed by atoms with Gasteiger partial charge in [0.25, 0.3) is 5.91 Å². The molecule has 3 aliphatic carbocycles. The first-order valence-electron chi connectivity index (χ1n) is 14.5. The normalized spacial score (nSPS) is 34.0. The summed E-state index contributed by atoms with van der Waals surface area (Å²) in [5.74, 6) is 7.04. The number of likely N-dealkylation sites (N-methyl/N-ethyl adjacent to an activating group) is 1. The van der Waals surface area contributed by atoms with E-state index in [-0.39, 0.29) is 29.7 Å². The summed E-state index contributed by atoms with van der Waals surface area (Å²) in [5.41, 5.74) is 3.67. The number of benzene rings is 2. The first kappa shape index (κ1) is 25.0. The predicted octanol–water partition coefficient (Wildman–Crippen LogP) is 3.70. The average molecular weight is 527 g/mol. The van der Waals surface area contributed by atoms with Crippen LogP contribution in [0.25, 0.3) is 0 Å². The highest BCUT2D eigenvalue weighted by Gasteiger charge is 2.74. The molecule has 2 N–H and O–H groups in total. The molecule has 2 aromatic rings. The molecule has 2 heterocycles. The number of phenols is 1. The summed E-state index contributed by atoms with van der Waals surface area (Å²) in [5, 5.41) is 23.7. The van der Waals surface area contributed by atoms with Gasteiger partial charge in [-0.15, -0.1) is 0 Å². The number of aliphatic hydroxyl groups is 1. The number of hydrogen-bond donors (Lipinski definition) is 2. The Kier molecular flexibility index (Phi) is 5.44. The molecule has 2 aromatic carbocycles. The Bertz CT molecular complexity index is 1440. The lowest BCUT2D eigenvalue weighted by Gasteiger charge is -2.66. The van der Waals surface area contributed by atoms with E-state index in [4.69, 9.17) is 4.74 Å². The van der Waals surface area contributed by atoms with Gasteiger partial charge in [-0.3, -0.25) is 9.69 Å². The Morgan fingerprint density at radius 2 is 2.00 bits per heavy atom. The molecule has 0 radical (unpaired) electrons. The van der Waals surface area contributed by atoms with Crippen molar-refractivity contribution in [3.63, 3.8) is 0 Å². The van der Waals surface area contributed by atoms with E-state index in [9.17, 15) is 15.0 Å². The van der Waals surface area contributed by atoms with Crippen LogP contribution in [0.2, 0.25) is 0 Å². The highest BCUT2D eigenvalue weighted by Crippen LogP contribution is 2.66. The molecule has 2 aliphatic heterocycles. The van der Waals surface area contributed by atoms with Gasteiger partial charge < -0.3 is 19.8 Å². The first-order chi connectivity index (χ1) is 18.6. The van der Waals surface area contributed by atoms with Crippen LogP contribution in [0.5, 0.6) is 11.5 Å². The molecule has 3 fully saturated rings. The topological polar surface area (TPSA) is 73.2 Å². The van der Waals surface area contributed by atoms with Crippen molar-refractivity contribution in [2.45, 2.75) is 82.1 Å². The molecule has 1 amide bonds. The van der Waals surface area contributed by atoms with Gasteiger partial charge >= 0.3 is 0 Å². The molecule has 204 valence electrons. The third kappa shape index (κ3) is 3.45. The second kappa shape index (κ2) is 8.49. The van der Waals surface area contributed by atoms with Gasteiger partial charge in [-0.05, 0) is 99.2 Å². The van der Waals surface area contributed by atoms with E-state index in [0.29, 0.717) is 12.2 Å². The summed E-state index contributed by atoms with van der Waals surface area (Å²) in [6, 6.07) is 9.47. The third-order valence-corrected chi connectivity index (χ3v) is 10.7. The summed E-state index contributed by atoms with van der Waals surface area (Å²) in [6.07, 6.45) is 4.21. The number of aromatic hydroxyl groups is 1. The number of phenolic OH excluding ortho intramolecular Hbond substituents is 1. The Labute approximate surface area is 231 Å². The molecule has 1 saturated heterocycles. The summed E-state index contributed by atoms with van der Waals surface area (Å²) in [7, 11) is 1.81. The van der Waals surface area contributed by atoms with Crippen LogP contribution < -0.4 is 4.74 Å². The maximum Gasteiger partial charge on any atom is 0.298 e. The number of rotatable bonds is 3. The Morgan fingerprint density at radius 1 is 1.21 bits per heavy atom. The number of carbonyl (C=O) groups excluding carboxylic acids is 1. The highest BCUT2D eigenvalue weighted by molar-refractivity contribution is 5.94. The number of amides is 1. The predicted molar refractivity (Wildman–Crippen MR) is 149 cm³/mol. The standard InChI is InChI=1S/C33H38N2O4/c1-19-5-6-22(15-20(19)2)9-12-27(37)34(4)29-21(3)17-33(38)26-16-24-10-11-25(36)30-28(24)32(33,31(29)39-30)13-14-35(26)18-23-7-8-23/h5-6,10-11,15,21,23,26,29,31,36,38H,7-8,13-14,16-18H2,1-4H3/t21-,26-,29-,31+,32+,33-/m1/s1. The van der Waals surface area contributed by atoms with Crippen molar-refractivity contribution in [2.24, 2.45) is 11.8 Å². The van der Waals surface area contributed by atoms with Crippen LogP contribution in [0.4, 0.5) is 0 Å². The molecule has 0 aromatic heterocycles. The smallest absolute Gasteiger partial charge is 0.298 e. The van der Waals surface area contributed by atoms with E-state index in [1.54, 1.807) is 11.0 Å².